The highest BCUT2D eigenvalue weighted by atomic mass is 35.5. The number of fused-ring (bicyclic) bond motifs is 1. The smallest absolute Gasteiger partial charge is 0.410 e. The number of cyclic esters (lactones) is 1. The number of piperidine rings is 1. The van der Waals surface area contributed by atoms with Crippen molar-refractivity contribution in [3.63, 3.8) is 0 Å². The molecule has 2 aromatic carbocycles. The van der Waals surface area contributed by atoms with Gasteiger partial charge in [0.15, 0.2) is 5.01 Å². The molecule has 2 aliphatic heterocycles. The van der Waals surface area contributed by atoms with Gasteiger partial charge in [0.25, 0.3) is 12.3 Å². The number of hydrogen-bond acceptors (Lipinski definition) is 6. The van der Waals surface area contributed by atoms with Crippen molar-refractivity contribution in [1.29, 1.82) is 0 Å². The molecular formula is C25H21ClF3N3O4S. The molecule has 2 atom stereocenters. The highest BCUT2D eigenvalue weighted by Crippen LogP contribution is 2.39. The summed E-state index contributed by atoms with van der Waals surface area (Å²) in [4.78, 5) is 30.3. The van der Waals surface area contributed by atoms with Crippen LogP contribution in [0.4, 0.5) is 18.0 Å². The van der Waals surface area contributed by atoms with Gasteiger partial charge in [-0.2, -0.15) is 0 Å². The van der Waals surface area contributed by atoms with Gasteiger partial charge < -0.3 is 19.7 Å². The molecule has 3 aromatic rings. The van der Waals surface area contributed by atoms with E-state index in [2.05, 4.69) is 10.3 Å². The van der Waals surface area contributed by atoms with Crippen LogP contribution in [0.1, 0.15) is 40.2 Å². The van der Waals surface area contributed by atoms with Crippen LogP contribution < -0.4 is 10.1 Å². The van der Waals surface area contributed by atoms with E-state index in [-0.39, 0.29) is 53.1 Å². The van der Waals surface area contributed by atoms with E-state index in [4.69, 9.17) is 21.1 Å². The second kappa shape index (κ2) is 10.6. The fraction of sp³-hybridized carbons (Fsp3) is 0.320. The van der Waals surface area contributed by atoms with Crippen molar-refractivity contribution in [3.05, 3.63) is 69.6 Å². The standard InChI is InChI=1S/C25H21ClF3N3O4S/c26-14-3-1-13(2-4-14)10-30-23(33)17-9-20(36-16-5-6-32-15(7-16)12-35-25(32)34)18(8-19(17)27)21-11-31-24(37-21)22(28)29/h1-4,8-9,11,15-16,22H,5-7,10,12H2,(H,30,33)/t15-,16-/m0/s1. The lowest BCUT2D eigenvalue weighted by molar-refractivity contribution is 0.0915. The van der Waals surface area contributed by atoms with E-state index in [0.717, 1.165) is 23.0 Å². The molecular weight excluding hydrogens is 531 g/mol. The number of ether oxygens (including phenoxy) is 2. The zero-order valence-electron chi connectivity index (χ0n) is 19.3. The molecule has 2 fully saturated rings. The molecule has 2 amide bonds. The number of halogens is 4. The third-order valence-corrected chi connectivity index (χ3v) is 7.54. The third kappa shape index (κ3) is 5.52. The zero-order chi connectivity index (χ0) is 26.1. The second-order valence-electron chi connectivity index (χ2n) is 8.69. The Morgan fingerprint density at radius 2 is 2.08 bits per heavy atom. The monoisotopic (exact) mass is 551 g/mol. The van der Waals surface area contributed by atoms with Gasteiger partial charge in [-0.05, 0) is 29.8 Å². The first-order valence-corrected chi connectivity index (χ1v) is 12.7. The van der Waals surface area contributed by atoms with Gasteiger partial charge in [-0.25, -0.2) is 22.9 Å². The summed E-state index contributed by atoms with van der Waals surface area (Å²) in [5.74, 6) is -1.32. The summed E-state index contributed by atoms with van der Waals surface area (Å²) >= 11 is 6.61. The summed E-state index contributed by atoms with van der Waals surface area (Å²) in [5, 5.41) is 2.82. The predicted molar refractivity (Wildman–Crippen MR) is 131 cm³/mol. The molecule has 7 nitrogen and oxygen atoms in total. The fourth-order valence-corrected chi connectivity index (χ4v) is 5.28. The van der Waals surface area contributed by atoms with Crippen molar-refractivity contribution in [3.8, 4) is 16.2 Å². The quantitative estimate of drug-likeness (QED) is 0.399. The normalized spacial score (nSPS) is 19.1. The minimum Gasteiger partial charge on any atom is -0.490 e. The molecule has 1 aromatic heterocycles. The van der Waals surface area contributed by atoms with Crippen molar-refractivity contribution in [1.82, 2.24) is 15.2 Å². The molecule has 2 saturated heterocycles. The topological polar surface area (TPSA) is 80.8 Å². The molecule has 37 heavy (non-hydrogen) atoms. The number of carbonyl (C=O) groups is 2. The van der Waals surface area contributed by atoms with Crippen LogP contribution in [-0.4, -0.2) is 47.2 Å². The number of carbonyl (C=O) groups excluding carboxylic acids is 2. The lowest BCUT2D eigenvalue weighted by Gasteiger charge is -2.33. The third-order valence-electron chi connectivity index (χ3n) is 6.25. The number of aromatic nitrogens is 1. The van der Waals surface area contributed by atoms with E-state index < -0.39 is 23.2 Å². The molecule has 2 aliphatic rings. The highest BCUT2D eigenvalue weighted by molar-refractivity contribution is 7.15. The average Bonchev–Trinajstić information content (AvgIpc) is 3.52. The molecule has 0 bridgehead atoms. The average molecular weight is 552 g/mol. The van der Waals surface area contributed by atoms with Crippen LogP contribution in [0.2, 0.25) is 5.02 Å². The Kier molecular flexibility index (Phi) is 7.25. The zero-order valence-corrected chi connectivity index (χ0v) is 20.8. The number of thiazole rings is 1. The Labute approximate surface area is 219 Å². The van der Waals surface area contributed by atoms with Gasteiger partial charge in [0.05, 0.1) is 16.5 Å². The summed E-state index contributed by atoms with van der Waals surface area (Å²) < 4.78 is 52.8. The summed E-state index contributed by atoms with van der Waals surface area (Å²) in [6.07, 6.45) is -1.28. The second-order valence-corrected chi connectivity index (χ2v) is 10.2. The Hall–Kier alpha value is -3.31. The van der Waals surface area contributed by atoms with Crippen LogP contribution >= 0.6 is 22.9 Å². The van der Waals surface area contributed by atoms with Crippen LogP contribution in [0, 0.1) is 5.82 Å². The number of nitrogens with one attached hydrogen (secondary N) is 1. The summed E-state index contributed by atoms with van der Waals surface area (Å²) in [5.41, 5.74) is 0.746. The van der Waals surface area contributed by atoms with Crippen LogP contribution in [0.25, 0.3) is 10.4 Å². The van der Waals surface area contributed by atoms with E-state index >= 15 is 4.39 Å². The van der Waals surface area contributed by atoms with Crippen LogP contribution in [-0.2, 0) is 11.3 Å². The lowest BCUT2D eigenvalue weighted by Crippen LogP contribution is -2.44. The first-order valence-electron chi connectivity index (χ1n) is 11.5. The van der Waals surface area contributed by atoms with Crippen molar-refractivity contribution in [2.75, 3.05) is 13.2 Å². The van der Waals surface area contributed by atoms with Crippen LogP contribution in [0.3, 0.4) is 0 Å². The van der Waals surface area contributed by atoms with Gasteiger partial charge in [0, 0.05) is 42.7 Å². The van der Waals surface area contributed by atoms with E-state index in [1.165, 1.54) is 12.3 Å². The fourth-order valence-electron chi connectivity index (χ4n) is 4.36. The Balaban J connectivity index is 1.41. The highest BCUT2D eigenvalue weighted by Gasteiger charge is 2.39. The largest absolute Gasteiger partial charge is 0.490 e. The number of amides is 2. The maximum atomic E-state index is 15.1. The molecule has 12 heteroatoms. The number of alkyl halides is 2. The SMILES string of the molecule is O=C(NCc1ccc(Cl)cc1)c1cc(O[C@H]2CCN3C(=O)OC[C@@H]3C2)c(-c2cnc(C(F)F)s2)cc1F. The summed E-state index contributed by atoms with van der Waals surface area (Å²) in [7, 11) is 0. The molecule has 0 unspecified atom stereocenters. The maximum Gasteiger partial charge on any atom is 0.410 e. The molecule has 3 heterocycles. The van der Waals surface area contributed by atoms with Gasteiger partial charge >= 0.3 is 6.09 Å². The molecule has 1 N–H and O–H groups in total. The molecule has 0 radical (unpaired) electrons. The van der Waals surface area contributed by atoms with Gasteiger partial charge in [0.2, 0.25) is 0 Å². The van der Waals surface area contributed by atoms with Gasteiger partial charge in [0.1, 0.15) is 24.3 Å². The Bertz CT molecular complexity index is 1320. The molecule has 0 spiro atoms. The minimum atomic E-state index is -2.77. The predicted octanol–water partition coefficient (Wildman–Crippen LogP) is 5.83. The van der Waals surface area contributed by atoms with Gasteiger partial charge in [-0.1, -0.05) is 23.7 Å². The van der Waals surface area contributed by atoms with Crippen molar-refractivity contribution < 1.29 is 32.2 Å². The first kappa shape index (κ1) is 25.3. The Morgan fingerprint density at radius 3 is 2.81 bits per heavy atom. The molecule has 0 aliphatic carbocycles. The minimum absolute atomic E-state index is 0.147. The maximum absolute atomic E-state index is 15.1. The molecule has 5 rings (SSSR count). The van der Waals surface area contributed by atoms with E-state index in [0.29, 0.717) is 24.4 Å². The lowest BCUT2D eigenvalue weighted by atomic mass is 10.0. The van der Waals surface area contributed by atoms with Crippen LogP contribution in [0.5, 0.6) is 5.75 Å². The van der Waals surface area contributed by atoms with Crippen molar-refractivity contribution in [2.45, 2.75) is 38.0 Å². The number of nitrogens with zero attached hydrogens (tertiary/aromatic N) is 2. The van der Waals surface area contributed by atoms with E-state index in [9.17, 15) is 18.4 Å². The summed E-state index contributed by atoms with van der Waals surface area (Å²) in [6, 6.07) is 9.09. The Morgan fingerprint density at radius 1 is 1.30 bits per heavy atom. The number of hydrogen-bond donors (Lipinski definition) is 1. The van der Waals surface area contributed by atoms with E-state index in [1.807, 2.05) is 0 Å². The van der Waals surface area contributed by atoms with Gasteiger partial charge in [-0.3, -0.25) is 4.79 Å². The van der Waals surface area contributed by atoms with Crippen molar-refractivity contribution >= 4 is 34.9 Å². The van der Waals surface area contributed by atoms with E-state index in [1.54, 1.807) is 29.2 Å². The molecule has 194 valence electrons. The first-order chi connectivity index (χ1) is 17.8. The summed E-state index contributed by atoms with van der Waals surface area (Å²) in [6.45, 7) is 0.823. The van der Waals surface area contributed by atoms with Gasteiger partial charge in [-0.15, -0.1) is 11.3 Å². The molecule has 0 saturated carbocycles. The number of benzene rings is 2. The number of rotatable bonds is 7. The van der Waals surface area contributed by atoms with Crippen LogP contribution in [0.15, 0.2) is 42.6 Å². The van der Waals surface area contributed by atoms with Crippen molar-refractivity contribution in [2.24, 2.45) is 0 Å².